The summed E-state index contributed by atoms with van der Waals surface area (Å²) in [5.41, 5.74) is 3.03. The van der Waals surface area contributed by atoms with Gasteiger partial charge < -0.3 is 14.9 Å². The Bertz CT molecular complexity index is 1510. The van der Waals surface area contributed by atoms with Gasteiger partial charge in [0.15, 0.2) is 0 Å². The minimum absolute atomic E-state index is 0.260. The third kappa shape index (κ3) is 4.81. The van der Waals surface area contributed by atoms with Crippen molar-refractivity contribution in [3.8, 4) is 23.3 Å². The van der Waals surface area contributed by atoms with Crippen LogP contribution in [0, 0.1) is 34.5 Å². The predicted octanol–water partition coefficient (Wildman–Crippen LogP) is 7.60. The van der Waals surface area contributed by atoms with E-state index in [0.717, 1.165) is 23.1 Å². The van der Waals surface area contributed by atoms with E-state index in [2.05, 4.69) is 50.0 Å². The van der Waals surface area contributed by atoms with Gasteiger partial charge in [-0.3, -0.25) is 0 Å². The van der Waals surface area contributed by atoms with Gasteiger partial charge in [-0.1, -0.05) is 37.8 Å². The Morgan fingerprint density at radius 2 is 1.41 bits per heavy atom. The molecule has 7 rings (SSSR count). The molecule has 4 aliphatic carbocycles. The van der Waals surface area contributed by atoms with Crippen LogP contribution in [0.3, 0.4) is 0 Å². The van der Waals surface area contributed by atoms with E-state index < -0.39 is 11.9 Å². The van der Waals surface area contributed by atoms with Crippen LogP contribution in [0.2, 0.25) is 0 Å². The lowest BCUT2D eigenvalue weighted by molar-refractivity contribution is -0.111. The van der Waals surface area contributed by atoms with Crippen molar-refractivity contribution in [1.29, 1.82) is 0 Å². The molecule has 5 nitrogen and oxygen atoms in total. The maximum Gasteiger partial charge on any atom is 0.336 e. The SMILES string of the molecule is CC12CC3CC(C1)C(c1ccc(Oc4ccc(C#Cc5ccc(C(=O)O)c(C(=O)O)c5)cc4)cc1)C(C)(C3)C2. The van der Waals surface area contributed by atoms with Crippen molar-refractivity contribution in [3.05, 3.63) is 94.5 Å². The predicted molar refractivity (Wildman–Crippen MR) is 148 cm³/mol. The lowest BCUT2D eigenvalue weighted by Crippen LogP contribution is -2.53. The second-order valence-corrected chi connectivity index (χ2v) is 12.4. The summed E-state index contributed by atoms with van der Waals surface area (Å²) in [6, 6.07) is 20.1. The lowest BCUT2D eigenvalue weighted by Gasteiger charge is -2.64. The van der Waals surface area contributed by atoms with E-state index in [0.29, 0.717) is 28.1 Å². The molecule has 0 heterocycles. The van der Waals surface area contributed by atoms with Crippen LogP contribution in [0.1, 0.15) is 89.3 Å². The van der Waals surface area contributed by atoms with E-state index in [4.69, 9.17) is 9.84 Å². The van der Waals surface area contributed by atoms with E-state index in [1.807, 2.05) is 24.3 Å². The maximum absolute atomic E-state index is 11.4. The third-order valence-electron chi connectivity index (χ3n) is 9.14. The van der Waals surface area contributed by atoms with Gasteiger partial charge in [-0.15, -0.1) is 0 Å². The topological polar surface area (TPSA) is 83.8 Å². The van der Waals surface area contributed by atoms with Gasteiger partial charge in [0.05, 0.1) is 11.1 Å². The molecular formula is C34H32O5. The average Bonchev–Trinajstić information content (AvgIpc) is 2.87. The van der Waals surface area contributed by atoms with Crippen LogP contribution in [0.4, 0.5) is 0 Å². The van der Waals surface area contributed by atoms with E-state index in [1.54, 1.807) is 0 Å². The number of hydrogen-bond donors (Lipinski definition) is 2. The third-order valence-corrected chi connectivity index (χ3v) is 9.14. The Morgan fingerprint density at radius 3 is 2.03 bits per heavy atom. The highest BCUT2D eigenvalue weighted by molar-refractivity contribution is 6.01. The van der Waals surface area contributed by atoms with Crippen LogP contribution >= 0.6 is 0 Å². The first-order valence-corrected chi connectivity index (χ1v) is 13.6. The maximum atomic E-state index is 11.4. The van der Waals surface area contributed by atoms with Crippen molar-refractivity contribution in [2.45, 2.75) is 51.9 Å². The van der Waals surface area contributed by atoms with Gasteiger partial charge in [-0.25, -0.2) is 9.59 Å². The molecule has 4 saturated carbocycles. The van der Waals surface area contributed by atoms with Gasteiger partial charge in [-0.05, 0) is 121 Å². The van der Waals surface area contributed by atoms with Gasteiger partial charge in [0, 0.05) is 11.1 Å². The van der Waals surface area contributed by atoms with Crippen LogP contribution < -0.4 is 4.74 Å². The zero-order valence-electron chi connectivity index (χ0n) is 22.2. The normalized spacial score (nSPS) is 28.4. The Labute approximate surface area is 228 Å². The highest BCUT2D eigenvalue weighted by atomic mass is 16.5. The summed E-state index contributed by atoms with van der Waals surface area (Å²) in [4.78, 5) is 22.6. The Hall–Kier alpha value is -4.04. The Morgan fingerprint density at radius 1 is 0.795 bits per heavy atom. The van der Waals surface area contributed by atoms with Gasteiger partial charge in [-0.2, -0.15) is 0 Å². The zero-order chi connectivity index (χ0) is 27.4. The number of carbonyl (C=O) groups is 2. The first-order chi connectivity index (χ1) is 18.6. The van der Waals surface area contributed by atoms with Crippen LogP contribution in [0.5, 0.6) is 11.5 Å². The quantitative estimate of drug-likeness (QED) is 0.339. The smallest absolute Gasteiger partial charge is 0.336 e. The molecule has 5 unspecified atom stereocenters. The number of carboxylic acids is 2. The second-order valence-electron chi connectivity index (χ2n) is 12.4. The monoisotopic (exact) mass is 520 g/mol. The first kappa shape index (κ1) is 25.2. The summed E-state index contributed by atoms with van der Waals surface area (Å²) >= 11 is 0. The number of aromatic carboxylic acids is 2. The fraction of sp³-hybridized carbons (Fsp3) is 0.353. The molecule has 198 valence electrons. The number of ether oxygens (including phenoxy) is 1. The summed E-state index contributed by atoms with van der Waals surface area (Å²) in [7, 11) is 0. The van der Waals surface area contributed by atoms with E-state index in [9.17, 15) is 14.7 Å². The van der Waals surface area contributed by atoms with Gasteiger partial charge in [0.2, 0.25) is 0 Å². The minimum atomic E-state index is -1.30. The Kier molecular flexibility index (Phi) is 6.03. The molecule has 0 amide bonds. The molecule has 4 aliphatic rings. The van der Waals surface area contributed by atoms with Crippen LogP contribution in [-0.2, 0) is 0 Å². The molecular weight excluding hydrogens is 488 g/mol. The first-order valence-electron chi connectivity index (χ1n) is 13.6. The van der Waals surface area contributed by atoms with E-state index in [-0.39, 0.29) is 11.1 Å². The van der Waals surface area contributed by atoms with Crippen LogP contribution in [-0.4, -0.2) is 22.2 Å². The fourth-order valence-electron chi connectivity index (χ4n) is 8.36. The summed E-state index contributed by atoms with van der Waals surface area (Å²) in [5.74, 6) is 7.19. The van der Waals surface area contributed by atoms with E-state index in [1.165, 1.54) is 55.9 Å². The summed E-state index contributed by atoms with van der Waals surface area (Å²) in [5, 5.41) is 18.5. The van der Waals surface area contributed by atoms with Gasteiger partial charge in [0.25, 0.3) is 0 Å². The molecule has 0 saturated heterocycles. The van der Waals surface area contributed by atoms with Crippen molar-refractivity contribution in [2.75, 3.05) is 0 Å². The number of carboxylic acid groups (broad SMARTS) is 2. The number of benzene rings is 3. The largest absolute Gasteiger partial charge is 0.478 e. The molecule has 2 N–H and O–H groups in total. The molecule has 0 aliphatic heterocycles. The zero-order valence-corrected chi connectivity index (χ0v) is 22.2. The van der Waals surface area contributed by atoms with Gasteiger partial charge >= 0.3 is 11.9 Å². The number of rotatable bonds is 5. The van der Waals surface area contributed by atoms with Crippen molar-refractivity contribution in [3.63, 3.8) is 0 Å². The van der Waals surface area contributed by atoms with E-state index >= 15 is 0 Å². The molecule has 4 bridgehead atoms. The van der Waals surface area contributed by atoms with Crippen molar-refractivity contribution < 1.29 is 24.5 Å². The summed E-state index contributed by atoms with van der Waals surface area (Å²) < 4.78 is 6.11. The molecule has 0 radical (unpaired) electrons. The number of hydrogen-bond acceptors (Lipinski definition) is 3. The molecule has 0 spiro atoms. The summed E-state index contributed by atoms with van der Waals surface area (Å²) in [6.07, 6.45) is 6.89. The molecule has 5 heteroatoms. The van der Waals surface area contributed by atoms with Crippen molar-refractivity contribution >= 4 is 11.9 Å². The molecule has 4 fully saturated rings. The van der Waals surface area contributed by atoms with Crippen LogP contribution in [0.25, 0.3) is 0 Å². The molecule has 3 aromatic rings. The lowest BCUT2D eigenvalue weighted by atomic mass is 9.40. The average molecular weight is 521 g/mol. The van der Waals surface area contributed by atoms with Crippen molar-refractivity contribution in [1.82, 2.24) is 0 Å². The fourth-order valence-corrected chi connectivity index (χ4v) is 8.36. The van der Waals surface area contributed by atoms with Gasteiger partial charge in [0.1, 0.15) is 11.5 Å². The summed E-state index contributed by atoms with van der Waals surface area (Å²) in [6.45, 7) is 5.04. The Balaban J connectivity index is 1.13. The molecule has 5 atom stereocenters. The molecule has 0 aromatic heterocycles. The van der Waals surface area contributed by atoms with Crippen molar-refractivity contribution in [2.24, 2.45) is 22.7 Å². The highest BCUT2D eigenvalue weighted by Gasteiger charge is 2.58. The molecule has 39 heavy (non-hydrogen) atoms. The molecule has 3 aromatic carbocycles. The second kappa shape index (κ2) is 9.31. The minimum Gasteiger partial charge on any atom is -0.478 e. The standard InChI is InChI=1S/C34H32O5/c1-33-17-23-15-25(19-33)30(34(2,18-23)20-33)24-8-12-27(13-9-24)39-26-10-5-21(6-11-26)3-4-22-7-14-28(31(35)36)29(16-22)32(37)38/h5-14,16,23,25,30H,15,17-20H2,1-2H3,(H,35,36)(H,37,38). The van der Waals surface area contributed by atoms with Crippen LogP contribution in [0.15, 0.2) is 66.7 Å². The highest BCUT2D eigenvalue weighted by Crippen LogP contribution is 2.69.